The maximum Gasteiger partial charge on any atom is 0.244 e. The monoisotopic (exact) mass is 290 g/mol. The zero-order valence-electron chi connectivity index (χ0n) is 12.1. The van der Waals surface area contributed by atoms with Crippen LogP contribution in [0.4, 0.5) is 5.69 Å². The summed E-state index contributed by atoms with van der Waals surface area (Å²) in [5.74, 6) is -0.0803. The molecular formula is C16H22N2O3. The predicted molar refractivity (Wildman–Crippen MR) is 79.7 cm³/mol. The van der Waals surface area contributed by atoms with Crippen LogP contribution in [-0.2, 0) is 14.3 Å². The summed E-state index contributed by atoms with van der Waals surface area (Å²) >= 11 is 0. The Balaban J connectivity index is 1.63. The van der Waals surface area contributed by atoms with E-state index in [1.807, 2.05) is 24.3 Å². The Morgan fingerprint density at radius 3 is 2.33 bits per heavy atom. The van der Waals surface area contributed by atoms with Crippen molar-refractivity contribution in [3.8, 4) is 0 Å². The molecular weight excluding hydrogens is 268 g/mol. The smallest absolute Gasteiger partial charge is 0.244 e. The summed E-state index contributed by atoms with van der Waals surface area (Å²) < 4.78 is 10.9. The summed E-state index contributed by atoms with van der Waals surface area (Å²) in [6, 6.07) is 7.56. The molecule has 3 rings (SSSR count). The lowest BCUT2D eigenvalue weighted by atomic mass is 9.82. The Bertz CT molecular complexity index is 489. The first-order valence-corrected chi connectivity index (χ1v) is 7.61. The molecule has 1 aliphatic carbocycles. The van der Waals surface area contributed by atoms with Crippen LogP contribution in [0, 0.1) is 0 Å². The van der Waals surface area contributed by atoms with E-state index in [-0.39, 0.29) is 12.2 Å². The third kappa shape index (κ3) is 3.26. The van der Waals surface area contributed by atoms with E-state index in [0.717, 1.165) is 36.9 Å². The second-order valence-electron chi connectivity index (χ2n) is 5.87. The van der Waals surface area contributed by atoms with E-state index in [4.69, 9.17) is 15.2 Å². The highest BCUT2D eigenvalue weighted by Crippen LogP contribution is 2.28. The first-order valence-electron chi connectivity index (χ1n) is 7.61. The fourth-order valence-electron chi connectivity index (χ4n) is 2.94. The van der Waals surface area contributed by atoms with Crippen LogP contribution in [-0.4, -0.2) is 24.7 Å². The molecule has 0 unspecified atom stereocenters. The lowest BCUT2D eigenvalue weighted by Gasteiger charge is -2.31. The zero-order valence-corrected chi connectivity index (χ0v) is 12.1. The normalized spacial score (nSPS) is 22.1. The Kier molecular flexibility index (Phi) is 4.24. The van der Waals surface area contributed by atoms with E-state index in [9.17, 15) is 4.79 Å². The minimum Gasteiger partial charge on any atom is -0.346 e. The molecule has 0 radical (unpaired) electrons. The van der Waals surface area contributed by atoms with Crippen LogP contribution in [0.1, 0.15) is 44.0 Å². The predicted octanol–water partition coefficient (Wildman–Crippen LogP) is 2.33. The first kappa shape index (κ1) is 14.5. The number of nitrogens with one attached hydrogen (secondary N) is 1. The van der Waals surface area contributed by atoms with Gasteiger partial charge in [0.25, 0.3) is 0 Å². The van der Waals surface area contributed by atoms with Crippen molar-refractivity contribution in [2.45, 2.75) is 43.9 Å². The van der Waals surface area contributed by atoms with Gasteiger partial charge in [-0.15, -0.1) is 0 Å². The highest BCUT2D eigenvalue weighted by atomic mass is 16.7. The summed E-state index contributed by atoms with van der Waals surface area (Å²) in [6.07, 6.45) is 4.47. The largest absolute Gasteiger partial charge is 0.346 e. The molecule has 2 fully saturated rings. The van der Waals surface area contributed by atoms with Gasteiger partial charge in [0.05, 0.1) is 18.8 Å². The SMILES string of the molecule is NC1(C(=O)Nc2ccc(C3OCCO3)cc2)CCCCC1. The number of rotatable bonds is 3. The molecule has 114 valence electrons. The molecule has 1 amide bonds. The van der Waals surface area contributed by atoms with Crippen molar-refractivity contribution in [2.24, 2.45) is 5.73 Å². The second-order valence-corrected chi connectivity index (χ2v) is 5.87. The van der Waals surface area contributed by atoms with Gasteiger partial charge < -0.3 is 20.5 Å². The van der Waals surface area contributed by atoms with Crippen LogP contribution >= 0.6 is 0 Å². The van der Waals surface area contributed by atoms with Crippen molar-refractivity contribution in [1.82, 2.24) is 0 Å². The number of nitrogens with two attached hydrogens (primary N) is 1. The van der Waals surface area contributed by atoms with E-state index in [0.29, 0.717) is 13.2 Å². The molecule has 1 saturated carbocycles. The van der Waals surface area contributed by atoms with Gasteiger partial charge in [-0.3, -0.25) is 4.79 Å². The molecule has 0 spiro atoms. The fraction of sp³-hybridized carbons (Fsp3) is 0.562. The van der Waals surface area contributed by atoms with Crippen LogP contribution in [0.3, 0.4) is 0 Å². The average molecular weight is 290 g/mol. The lowest BCUT2D eigenvalue weighted by molar-refractivity contribution is -0.122. The highest BCUT2D eigenvalue weighted by Gasteiger charge is 2.35. The molecule has 0 atom stereocenters. The van der Waals surface area contributed by atoms with E-state index >= 15 is 0 Å². The van der Waals surface area contributed by atoms with Crippen molar-refractivity contribution in [3.63, 3.8) is 0 Å². The number of benzene rings is 1. The summed E-state index contributed by atoms with van der Waals surface area (Å²) in [7, 11) is 0. The average Bonchev–Trinajstić information content (AvgIpc) is 3.03. The maximum atomic E-state index is 12.3. The Morgan fingerprint density at radius 2 is 1.71 bits per heavy atom. The molecule has 1 saturated heterocycles. The molecule has 3 N–H and O–H groups in total. The molecule has 1 aromatic rings. The van der Waals surface area contributed by atoms with Crippen LogP contribution in [0.15, 0.2) is 24.3 Å². The van der Waals surface area contributed by atoms with Crippen molar-refractivity contribution < 1.29 is 14.3 Å². The topological polar surface area (TPSA) is 73.6 Å². The van der Waals surface area contributed by atoms with Gasteiger partial charge in [-0.05, 0) is 25.0 Å². The van der Waals surface area contributed by atoms with Gasteiger partial charge in [0.2, 0.25) is 5.91 Å². The van der Waals surface area contributed by atoms with Gasteiger partial charge in [-0.2, -0.15) is 0 Å². The van der Waals surface area contributed by atoms with Crippen LogP contribution in [0.2, 0.25) is 0 Å². The second kappa shape index (κ2) is 6.13. The molecule has 1 aromatic carbocycles. The van der Waals surface area contributed by atoms with Gasteiger partial charge in [-0.25, -0.2) is 0 Å². The maximum absolute atomic E-state index is 12.3. The van der Waals surface area contributed by atoms with Crippen molar-refractivity contribution in [3.05, 3.63) is 29.8 Å². The number of ether oxygens (including phenoxy) is 2. The van der Waals surface area contributed by atoms with Gasteiger partial charge in [0.1, 0.15) is 0 Å². The van der Waals surface area contributed by atoms with E-state index in [1.165, 1.54) is 6.42 Å². The molecule has 5 nitrogen and oxygen atoms in total. The number of carbonyl (C=O) groups is 1. The molecule has 2 aliphatic rings. The van der Waals surface area contributed by atoms with E-state index in [1.54, 1.807) is 0 Å². The number of amides is 1. The Hall–Kier alpha value is -1.43. The minimum atomic E-state index is -0.714. The van der Waals surface area contributed by atoms with E-state index in [2.05, 4.69) is 5.32 Å². The van der Waals surface area contributed by atoms with Crippen molar-refractivity contribution in [1.29, 1.82) is 0 Å². The number of hydrogen-bond donors (Lipinski definition) is 2. The quantitative estimate of drug-likeness (QED) is 0.896. The molecule has 1 heterocycles. The Morgan fingerprint density at radius 1 is 1.10 bits per heavy atom. The highest BCUT2D eigenvalue weighted by molar-refractivity contribution is 5.98. The van der Waals surface area contributed by atoms with Crippen molar-refractivity contribution >= 4 is 11.6 Å². The molecule has 0 bridgehead atoms. The fourth-order valence-corrected chi connectivity index (χ4v) is 2.94. The van der Waals surface area contributed by atoms with Crippen molar-refractivity contribution in [2.75, 3.05) is 18.5 Å². The number of hydrogen-bond acceptors (Lipinski definition) is 4. The van der Waals surface area contributed by atoms with Gasteiger partial charge >= 0.3 is 0 Å². The van der Waals surface area contributed by atoms with Crippen LogP contribution < -0.4 is 11.1 Å². The summed E-state index contributed by atoms with van der Waals surface area (Å²) in [5.41, 5.74) is 7.24. The Labute approximate surface area is 124 Å². The van der Waals surface area contributed by atoms with Crippen LogP contribution in [0.5, 0.6) is 0 Å². The molecule has 0 aromatic heterocycles. The zero-order chi connectivity index (χ0) is 14.7. The van der Waals surface area contributed by atoms with Gasteiger partial charge in [0.15, 0.2) is 6.29 Å². The van der Waals surface area contributed by atoms with Gasteiger partial charge in [-0.1, -0.05) is 31.4 Å². The number of carbonyl (C=O) groups excluding carboxylic acids is 1. The lowest BCUT2D eigenvalue weighted by Crippen LogP contribution is -2.52. The van der Waals surface area contributed by atoms with Gasteiger partial charge in [0, 0.05) is 11.3 Å². The third-order valence-corrected chi connectivity index (χ3v) is 4.26. The molecule has 5 heteroatoms. The summed E-state index contributed by atoms with van der Waals surface area (Å²) in [4.78, 5) is 12.3. The first-order chi connectivity index (χ1) is 10.2. The van der Waals surface area contributed by atoms with Crippen LogP contribution in [0.25, 0.3) is 0 Å². The molecule has 1 aliphatic heterocycles. The minimum absolute atomic E-state index is 0.0803. The summed E-state index contributed by atoms with van der Waals surface area (Å²) in [5, 5.41) is 2.92. The number of anilines is 1. The molecule has 21 heavy (non-hydrogen) atoms. The third-order valence-electron chi connectivity index (χ3n) is 4.26. The van der Waals surface area contributed by atoms with E-state index < -0.39 is 5.54 Å². The standard InChI is InChI=1S/C16H22N2O3/c17-16(8-2-1-3-9-16)15(19)18-13-6-4-12(5-7-13)14-20-10-11-21-14/h4-7,14H,1-3,8-11,17H2,(H,18,19). The summed E-state index contributed by atoms with van der Waals surface area (Å²) in [6.45, 7) is 1.25.